The molecule has 6 heteroatoms. The molecule has 0 aromatic heterocycles. The first kappa shape index (κ1) is 18.1. The van der Waals surface area contributed by atoms with Crippen LogP contribution in [0.1, 0.15) is 34.1 Å². The number of aliphatic hydroxyl groups is 2. The van der Waals surface area contributed by atoms with Crippen molar-refractivity contribution in [3.05, 3.63) is 0 Å². The van der Waals surface area contributed by atoms with Gasteiger partial charge in [0, 0.05) is 17.4 Å². The third kappa shape index (κ3) is 3.80. The maximum Gasteiger partial charge on any atom is 0.164 e. The molecule has 2 aliphatic heterocycles. The average molecular weight is 318 g/mol. The smallest absolute Gasteiger partial charge is 0.164 e. The highest BCUT2D eigenvalue weighted by atomic mass is 16.7. The minimum absolute atomic E-state index is 0.00902. The summed E-state index contributed by atoms with van der Waals surface area (Å²) < 4.78 is 23.4. The molecule has 1 spiro atoms. The molecule has 2 fully saturated rings. The Morgan fingerprint density at radius 3 is 1.59 bits per heavy atom. The second-order valence-corrected chi connectivity index (χ2v) is 8.02. The molecule has 2 saturated heterocycles. The van der Waals surface area contributed by atoms with Gasteiger partial charge < -0.3 is 29.2 Å². The van der Waals surface area contributed by atoms with Gasteiger partial charge in [0.1, 0.15) is 0 Å². The van der Waals surface area contributed by atoms with Crippen LogP contribution in [0.15, 0.2) is 0 Å². The minimum atomic E-state index is -0.427. The van der Waals surface area contributed by atoms with Crippen LogP contribution in [0.5, 0.6) is 0 Å². The molecule has 6 nitrogen and oxygen atoms in total. The summed E-state index contributed by atoms with van der Waals surface area (Å²) in [6.45, 7) is 10.0. The molecule has 0 unspecified atom stereocenters. The van der Waals surface area contributed by atoms with E-state index in [1.54, 1.807) is 0 Å². The van der Waals surface area contributed by atoms with Crippen LogP contribution in [-0.2, 0) is 18.9 Å². The van der Waals surface area contributed by atoms with E-state index >= 15 is 0 Å². The first-order valence-corrected chi connectivity index (χ1v) is 7.93. The van der Waals surface area contributed by atoms with Crippen LogP contribution in [0.4, 0.5) is 0 Å². The maximum absolute atomic E-state index is 9.39. The topological polar surface area (TPSA) is 77.4 Å². The van der Waals surface area contributed by atoms with Gasteiger partial charge in [-0.05, 0) is 6.42 Å². The highest BCUT2D eigenvalue weighted by Crippen LogP contribution is 2.39. The lowest BCUT2D eigenvalue weighted by atomic mass is 9.85. The third-order valence-electron chi connectivity index (χ3n) is 4.60. The minimum Gasteiger partial charge on any atom is -0.396 e. The molecule has 0 bridgehead atoms. The molecule has 0 saturated carbocycles. The monoisotopic (exact) mass is 318 g/mol. The van der Waals surface area contributed by atoms with Crippen molar-refractivity contribution in [2.24, 2.45) is 16.2 Å². The highest BCUT2D eigenvalue weighted by molar-refractivity contribution is 4.88. The van der Waals surface area contributed by atoms with E-state index in [0.29, 0.717) is 32.8 Å². The van der Waals surface area contributed by atoms with E-state index in [-0.39, 0.29) is 30.3 Å². The SMILES string of the molecule is CC(C)(CO)C1OCC2(CO1)COC(C(C)(C)CCO)OC2. The fourth-order valence-corrected chi connectivity index (χ4v) is 2.74. The largest absolute Gasteiger partial charge is 0.396 e. The molecule has 0 aliphatic carbocycles. The van der Waals surface area contributed by atoms with Crippen LogP contribution >= 0.6 is 0 Å². The fraction of sp³-hybridized carbons (Fsp3) is 1.00. The second kappa shape index (κ2) is 6.71. The van der Waals surface area contributed by atoms with Gasteiger partial charge in [-0.2, -0.15) is 0 Å². The summed E-state index contributed by atoms with van der Waals surface area (Å²) in [5.41, 5.74) is -0.939. The number of ether oxygens (including phenoxy) is 4. The molecule has 0 amide bonds. The Hall–Kier alpha value is -0.240. The Bertz CT molecular complexity index is 350. The molecule has 2 heterocycles. The van der Waals surface area contributed by atoms with E-state index in [0.717, 1.165) is 0 Å². The van der Waals surface area contributed by atoms with Crippen LogP contribution in [0, 0.1) is 16.2 Å². The molecule has 2 rings (SSSR count). The summed E-state index contributed by atoms with van der Waals surface area (Å²) in [7, 11) is 0. The zero-order valence-electron chi connectivity index (χ0n) is 14.1. The van der Waals surface area contributed by atoms with Gasteiger partial charge in [-0.25, -0.2) is 0 Å². The lowest BCUT2D eigenvalue weighted by molar-refractivity contribution is -0.336. The third-order valence-corrected chi connectivity index (χ3v) is 4.60. The van der Waals surface area contributed by atoms with Crippen molar-refractivity contribution in [1.29, 1.82) is 0 Å². The van der Waals surface area contributed by atoms with E-state index in [4.69, 9.17) is 24.1 Å². The Morgan fingerprint density at radius 1 is 0.818 bits per heavy atom. The predicted octanol–water partition coefficient (Wildman–Crippen LogP) is 1.15. The summed E-state index contributed by atoms with van der Waals surface area (Å²) >= 11 is 0. The van der Waals surface area contributed by atoms with Crippen molar-refractivity contribution in [1.82, 2.24) is 0 Å². The highest BCUT2D eigenvalue weighted by Gasteiger charge is 2.47. The number of hydrogen-bond donors (Lipinski definition) is 2. The first-order chi connectivity index (χ1) is 10.2. The molecular weight excluding hydrogens is 288 g/mol. The van der Waals surface area contributed by atoms with E-state index in [1.165, 1.54) is 0 Å². The summed E-state index contributed by atoms with van der Waals surface area (Å²) in [4.78, 5) is 0. The van der Waals surface area contributed by atoms with Crippen molar-refractivity contribution >= 4 is 0 Å². The number of rotatable bonds is 5. The van der Waals surface area contributed by atoms with E-state index in [2.05, 4.69) is 0 Å². The zero-order chi connectivity index (χ0) is 16.4. The Kier molecular flexibility index (Phi) is 5.52. The molecule has 0 aromatic rings. The van der Waals surface area contributed by atoms with Gasteiger partial charge in [-0.15, -0.1) is 0 Å². The molecule has 22 heavy (non-hydrogen) atoms. The molecule has 0 atom stereocenters. The second-order valence-electron chi connectivity index (χ2n) is 8.02. The molecule has 2 aliphatic rings. The number of aliphatic hydroxyl groups excluding tert-OH is 2. The van der Waals surface area contributed by atoms with Crippen molar-refractivity contribution in [2.75, 3.05) is 39.6 Å². The van der Waals surface area contributed by atoms with Gasteiger partial charge in [0.2, 0.25) is 0 Å². The van der Waals surface area contributed by atoms with Gasteiger partial charge in [-0.1, -0.05) is 27.7 Å². The maximum atomic E-state index is 9.39. The summed E-state index contributed by atoms with van der Waals surface area (Å²) in [5.74, 6) is 0. The van der Waals surface area contributed by atoms with Crippen molar-refractivity contribution < 1.29 is 29.2 Å². The van der Waals surface area contributed by atoms with Crippen molar-refractivity contribution in [3.8, 4) is 0 Å². The molecule has 130 valence electrons. The fourth-order valence-electron chi connectivity index (χ4n) is 2.74. The van der Waals surface area contributed by atoms with Crippen LogP contribution in [-0.4, -0.2) is 62.4 Å². The van der Waals surface area contributed by atoms with E-state index in [9.17, 15) is 5.11 Å². The predicted molar refractivity (Wildman–Crippen MR) is 80.2 cm³/mol. The van der Waals surface area contributed by atoms with Crippen LogP contribution in [0.3, 0.4) is 0 Å². The molecular formula is C16H30O6. The molecule has 0 aromatic carbocycles. The molecule has 2 N–H and O–H groups in total. The lowest BCUT2D eigenvalue weighted by Gasteiger charge is -2.48. The number of hydrogen-bond acceptors (Lipinski definition) is 6. The average Bonchev–Trinajstić information content (AvgIpc) is 2.48. The molecule has 0 radical (unpaired) electrons. The summed E-state index contributed by atoms with van der Waals surface area (Å²) in [6.07, 6.45) is -0.103. The van der Waals surface area contributed by atoms with Gasteiger partial charge in [-0.3, -0.25) is 0 Å². The Balaban J connectivity index is 1.87. The first-order valence-electron chi connectivity index (χ1n) is 7.93. The van der Waals surface area contributed by atoms with Crippen LogP contribution in [0.25, 0.3) is 0 Å². The normalized spacial score (nSPS) is 34.1. The summed E-state index contributed by atoms with van der Waals surface area (Å²) in [5, 5.41) is 18.5. The van der Waals surface area contributed by atoms with Crippen molar-refractivity contribution in [3.63, 3.8) is 0 Å². The Labute approximate surface area is 132 Å². The van der Waals surface area contributed by atoms with Crippen LogP contribution < -0.4 is 0 Å². The van der Waals surface area contributed by atoms with Gasteiger partial charge in [0.05, 0.1) is 38.4 Å². The lowest BCUT2D eigenvalue weighted by Crippen LogP contribution is -2.56. The van der Waals surface area contributed by atoms with E-state index < -0.39 is 11.7 Å². The zero-order valence-corrected chi connectivity index (χ0v) is 14.1. The van der Waals surface area contributed by atoms with Gasteiger partial charge in [0.25, 0.3) is 0 Å². The van der Waals surface area contributed by atoms with E-state index in [1.807, 2.05) is 27.7 Å². The van der Waals surface area contributed by atoms with Gasteiger partial charge in [0.15, 0.2) is 12.6 Å². The van der Waals surface area contributed by atoms with Crippen molar-refractivity contribution in [2.45, 2.75) is 46.7 Å². The summed E-state index contributed by atoms with van der Waals surface area (Å²) in [6, 6.07) is 0. The van der Waals surface area contributed by atoms with Crippen LogP contribution in [0.2, 0.25) is 0 Å². The van der Waals surface area contributed by atoms with Gasteiger partial charge >= 0.3 is 0 Å². The quantitative estimate of drug-likeness (QED) is 0.792. The Morgan fingerprint density at radius 2 is 1.23 bits per heavy atom. The standard InChI is InChI=1S/C16H30O6/c1-14(2,5-6-17)12-19-8-16(9-20-12)10-21-13(22-11-16)15(3,4)7-18/h12-13,17-18H,5-11H2,1-4H3.